The van der Waals surface area contributed by atoms with Crippen LogP contribution in [-0.2, 0) is 14.8 Å². The molecule has 2 aromatic rings. The van der Waals surface area contributed by atoms with Gasteiger partial charge in [-0.05, 0) is 55.3 Å². The van der Waals surface area contributed by atoms with Crippen LogP contribution in [0.3, 0.4) is 0 Å². The molecule has 0 spiro atoms. The lowest BCUT2D eigenvalue weighted by Gasteiger charge is -2.16. The third-order valence-electron chi connectivity index (χ3n) is 4.39. The monoisotopic (exact) mass is 418 g/mol. The number of nitrogens with one attached hydrogen (secondary N) is 2. The van der Waals surface area contributed by atoms with Crippen LogP contribution in [0, 0.1) is 11.3 Å². The highest BCUT2D eigenvalue weighted by Crippen LogP contribution is 2.23. The standard InChI is InChI=1S/C19H19ClN4O3S/c20-15-4-3-14(12-21)18(11-15)23-19(25)13-22-16-5-7-17(8-6-16)28(26,27)24-9-1-2-10-24/h3-8,11,22H,1-2,9-10,13H2,(H,23,25). The van der Waals surface area contributed by atoms with Crippen LogP contribution in [0.25, 0.3) is 0 Å². The maximum atomic E-state index is 12.5. The number of benzene rings is 2. The van der Waals surface area contributed by atoms with Gasteiger partial charge in [0.2, 0.25) is 15.9 Å². The van der Waals surface area contributed by atoms with E-state index >= 15 is 0 Å². The Morgan fingerprint density at radius 3 is 2.46 bits per heavy atom. The van der Waals surface area contributed by atoms with E-state index in [0.717, 1.165) is 12.8 Å². The molecule has 146 valence electrons. The molecule has 28 heavy (non-hydrogen) atoms. The summed E-state index contributed by atoms with van der Waals surface area (Å²) >= 11 is 5.90. The Labute approximate surface area is 169 Å². The van der Waals surface area contributed by atoms with Crippen LogP contribution < -0.4 is 10.6 Å². The molecule has 2 N–H and O–H groups in total. The molecular weight excluding hydrogens is 400 g/mol. The number of rotatable bonds is 6. The summed E-state index contributed by atoms with van der Waals surface area (Å²) < 4.78 is 26.5. The molecule has 3 rings (SSSR count). The molecule has 0 unspecified atom stereocenters. The average molecular weight is 419 g/mol. The Morgan fingerprint density at radius 1 is 1.14 bits per heavy atom. The predicted molar refractivity (Wildman–Crippen MR) is 108 cm³/mol. The van der Waals surface area contributed by atoms with E-state index in [1.54, 1.807) is 18.2 Å². The molecule has 0 aromatic heterocycles. The van der Waals surface area contributed by atoms with Gasteiger partial charge in [0.1, 0.15) is 6.07 Å². The molecule has 1 fully saturated rings. The summed E-state index contributed by atoms with van der Waals surface area (Å²) in [6, 6.07) is 12.9. The minimum atomic E-state index is -3.46. The lowest BCUT2D eigenvalue weighted by atomic mass is 10.2. The van der Waals surface area contributed by atoms with Crippen molar-refractivity contribution in [3.05, 3.63) is 53.1 Å². The number of halogens is 1. The number of carbonyl (C=O) groups is 1. The van der Waals surface area contributed by atoms with Crippen molar-refractivity contribution in [3.8, 4) is 6.07 Å². The highest BCUT2D eigenvalue weighted by molar-refractivity contribution is 7.89. The first kappa shape index (κ1) is 20.1. The number of hydrogen-bond acceptors (Lipinski definition) is 5. The molecule has 7 nitrogen and oxygen atoms in total. The number of anilines is 2. The molecule has 1 amide bonds. The Bertz CT molecular complexity index is 1010. The van der Waals surface area contributed by atoms with Gasteiger partial charge in [0, 0.05) is 23.8 Å². The summed E-state index contributed by atoms with van der Waals surface area (Å²) in [4.78, 5) is 12.4. The van der Waals surface area contributed by atoms with Crippen molar-refractivity contribution in [2.75, 3.05) is 30.3 Å². The van der Waals surface area contributed by atoms with Crippen molar-refractivity contribution in [3.63, 3.8) is 0 Å². The number of hydrogen-bond donors (Lipinski definition) is 2. The van der Waals surface area contributed by atoms with Crippen LogP contribution in [0.4, 0.5) is 11.4 Å². The molecule has 1 heterocycles. The molecule has 0 bridgehead atoms. The number of carbonyl (C=O) groups excluding carboxylic acids is 1. The maximum absolute atomic E-state index is 12.5. The van der Waals surface area contributed by atoms with Crippen molar-refractivity contribution in [1.82, 2.24) is 4.31 Å². The topological polar surface area (TPSA) is 102 Å². The van der Waals surface area contributed by atoms with Gasteiger partial charge in [-0.2, -0.15) is 9.57 Å². The molecule has 0 radical (unpaired) electrons. The predicted octanol–water partition coefficient (Wildman–Crippen LogP) is 3.05. The Morgan fingerprint density at radius 2 is 1.82 bits per heavy atom. The SMILES string of the molecule is N#Cc1ccc(Cl)cc1NC(=O)CNc1ccc(S(=O)(=O)N2CCCC2)cc1. The molecule has 1 aliphatic heterocycles. The van der Waals surface area contributed by atoms with Gasteiger partial charge in [-0.25, -0.2) is 8.42 Å². The number of nitrogens with zero attached hydrogens (tertiary/aromatic N) is 2. The molecular formula is C19H19ClN4O3S. The number of sulfonamides is 1. The van der Waals surface area contributed by atoms with E-state index in [4.69, 9.17) is 16.9 Å². The van der Waals surface area contributed by atoms with E-state index in [-0.39, 0.29) is 17.3 Å². The van der Waals surface area contributed by atoms with E-state index in [9.17, 15) is 13.2 Å². The van der Waals surface area contributed by atoms with Gasteiger partial charge in [-0.15, -0.1) is 0 Å². The van der Waals surface area contributed by atoms with E-state index < -0.39 is 10.0 Å². The second kappa shape index (κ2) is 8.61. The van der Waals surface area contributed by atoms with Gasteiger partial charge in [0.15, 0.2) is 0 Å². The smallest absolute Gasteiger partial charge is 0.243 e. The first-order valence-electron chi connectivity index (χ1n) is 8.74. The lowest BCUT2D eigenvalue weighted by molar-refractivity contribution is -0.114. The Balaban J connectivity index is 1.60. The highest BCUT2D eigenvalue weighted by atomic mass is 35.5. The summed E-state index contributed by atoms with van der Waals surface area (Å²) in [6.45, 7) is 1.06. The molecule has 1 saturated heterocycles. The van der Waals surface area contributed by atoms with E-state index in [2.05, 4.69) is 10.6 Å². The molecule has 0 atom stereocenters. The van der Waals surface area contributed by atoms with Crippen LogP contribution in [0.5, 0.6) is 0 Å². The van der Waals surface area contributed by atoms with Gasteiger partial charge in [-0.3, -0.25) is 4.79 Å². The van der Waals surface area contributed by atoms with E-state index in [1.807, 2.05) is 6.07 Å². The summed E-state index contributed by atoms with van der Waals surface area (Å²) in [5, 5.41) is 15.1. The third-order valence-corrected chi connectivity index (χ3v) is 6.53. The van der Waals surface area contributed by atoms with Gasteiger partial charge >= 0.3 is 0 Å². The Kier molecular flexibility index (Phi) is 6.19. The highest BCUT2D eigenvalue weighted by Gasteiger charge is 2.26. The summed E-state index contributed by atoms with van der Waals surface area (Å²) in [7, 11) is -3.46. The summed E-state index contributed by atoms with van der Waals surface area (Å²) in [5.74, 6) is -0.354. The number of nitriles is 1. The fourth-order valence-electron chi connectivity index (χ4n) is 2.92. The zero-order valence-electron chi connectivity index (χ0n) is 15.0. The maximum Gasteiger partial charge on any atom is 0.243 e. The fourth-order valence-corrected chi connectivity index (χ4v) is 4.61. The zero-order chi connectivity index (χ0) is 20.1. The van der Waals surface area contributed by atoms with Crippen molar-refractivity contribution in [1.29, 1.82) is 5.26 Å². The van der Waals surface area contributed by atoms with Crippen molar-refractivity contribution in [2.24, 2.45) is 0 Å². The lowest BCUT2D eigenvalue weighted by Crippen LogP contribution is -2.27. The van der Waals surface area contributed by atoms with Crippen molar-refractivity contribution >= 4 is 38.9 Å². The van der Waals surface area contributed by atoms with E-state index in [1.165, 1.54) is 28.6 Å². The average Bonchev–Trinajstić information content (AvgIpc) is 3.23. The van der Waals surface area contributed by atoms with Gasteiger partial charge in [-0.1, -0.05) is 11.6 Å². The van der Waals surface area contributed by atoms with Gasteiger partial charge in [0.05, 0.1) is 22.7 Å². The van der Waals surface area contributed by atoms with Crippen LogP contribution in [0.2, 0.25) is 5.02 Å². The normalized spacial score (nSPS) is 14.4. The molecule has 0 aliphatic carbocycles. The first-order valence-corrected chi connectivity index (χ1v) is 10.6. The third kappa shape index (κ3) is 4.62. The van der Waals surface area contributed by atoms with Crippen molar-refractivity contribution < 1.29 is 13.2 Å². The summed E-state index contributed by atoms with van der Waals surface area (Å²) in [6.07, 6.45) is 1.77. The summed E-state index contributed by atoms with van der Waals surface area (Å²) in [5.41, 5.74) is 1.27. The second-order valence-corrected chi connectivity index (χ2v) is 8.71. The minimum Gasteiger partial charge on any atom is -0.376 e. The molecule has 9 heteroatoms. The fraction of sp³-hybridized carbons (Fsp3) is 0.263. The molecule has 1 aliphatic rings. The largest absolute Gasteiger partial charge is 0.376 e. The quantitative estimate of drug-likeness (QED) is 0.750. The first-order chi connectivity index (χ1) is 13.4. The van der Waals surface area contributed by atoms with Crippen LogP contribution in [0.15, 0.2) is 47.4 Å². The molecule has 2 aromatic carbocycles. The van der Waals surface area contributed by atoms with Gasteiger partial charge in [0.25, 0.3) is 0 Å². The van der Waals surface area contributed by atoms with E-state index in [0.29, 0.717) is 35.1 Å². The van der Waals surface area contributed by atoms with Crippen LogP contribution in [-0.4, -0.2) is 38.3 Å². The number of amides is 1. The van der Waals surface area contributed by atoms with Crippen molar-refractivity contribution in [2.45, 2.75) is 17.7 Å². The Hall–Kier alpha value is -2.60. The second-order valence-electron chi connectivity index (χ2n) is 6.34. The molecule has 0 saturated carbocycles. The zero-order valence-corrected chi connectivity index (χ0v) is 16.6. The minimum absolute atomic E-state index is 0.0460. The van der Waals surface area contributed by atoms with Gasteiger partial charge < -0.3 is 10.6 Å². The van der Waals surface area contributed by atoms with Crippen LogP contribution in [0.1, 0.15) is 18.4 Å². The van der Waals surface area contributed by atoms with Crippen LogP contribution >= 0.6 is 11.6 Å².